The summed E-state index contributed by atoms with van der Waals surface area (Å²) >= 11 is 0. The number of esters is 2. The maximum atomic E-state index is 11.4. The Hall–Kier alpha value is -2.12. The van der Waals surface area contributed by atoms with E-state index in [0.717, 1.165) is 17.7 Å². The van der Waals surface area contributed by atoms with Gasteiger partial charge in [-0.2, -0.15) is 0 Å². The third-order valence-corrected chi connectivity index (χ3v) is 3.68. The first-order valence-electron chi connectivity index (χ1n) is 9.34. The van der Waals surface area contributed by atoms with E-state index in [0.29, 0.717) is 13.2 Å². The highest BCUT2D eigenvalue weighted by molar-refractivity contribution is 5.85. The van der Waals surface area contributed by atoms with Crippen LogP contribution < -0.4 is 11.1 Å². The van der Waals surface area contributed by atoms with E-state index < -0.39 is 6.04 Å². The number of hydrogen-bond donors (Lipinski definition) is 2. The lowest BCUT2D eigenvalue weighted by atomic mass is 10.2. The van der Waals surface area contributed by atoms with Gasteiger partial charge in [-0.1, -0.05) is 67.6 Å². The number of likely N-dealkylation sites (N-methyl/N-ethyl adjacent to an activating group) is 1. The van der Waals surface area contributed by atoms with Crippen molar-refractivity contribution in [3.05, 3.63) is 71.8 Å². The van der Waals surface area contributed by atoms with Crippen molar-refractivity contribution < 1.29 is 19.1 Å². The molecule has 0 radical (unpaired) electrons. The van der Waals surface area contributed by atoms with Crippen LogP contribution in [0, 0.1) is 0 Å². The first-order valence-corrected chi connectivity index (χ1v) is 9.34. The molecule has 0 spiro atoms. The molecule has 0 unspecified atom stereocenters. The smallest absolute Gasteiger partial charge is 0.323 e. The van der Waals surface area contributed by atoms with Gasteiger partial charge in [0.1, 0.15) is 25.3 Å². The number of rotatable bonds is 8. The molecule has 0 fully saturated rings. The van der Waals surface area contributed by atoms with E-state index in [1.54, 1.807) is 13.8 Å². The van der Waals surface area contributed by atoms with Gasteiger partial charge in [0.25, 0.3) is 0 Å². The quantitative estimate of drug-likeness (QED) is 0.586. The zero-order valence-corrected chi connectivity index (χ0v) is 19.2. The fraction of sp³-hybridized carbons (Fsp3) is 0.364. The van der Waals surface area contributed by atoms with Gasteiger partial charge in [0.15, 0.2) is 0 Å². The highest BCUT2D eigenvalue weighted by Crippen LogP contribution is 2.02. The number of hydrogen-bond acceptors (Lipinski definition) is 6. The highest BCUT2D eigenvalue weighted by atomic mass is 35.5. The van der Waals surface area contributed by atoms with Gasteiger partial charge in [0.05, 0.1) is 0 Å². The third-order valence-electron chi connectivity index (χ3n) is 3.68. The molecule has 3 N–H and O–H groups in total. The van der Waals surface area contributed by atoms with E-state index in [4.69, 9.17) is 15.2 Å². The maximum Gasteiger partial charge on any atom is 0.323 e. The number of carbonyl (C=O) groups excluding carboxylic acids is 2. The zero-order chi connectivity index (χ0) is 20.8. The van der Waals surface area contributed by atoms with Crippen LogP contribution in [0.1, 0.15) is 31.9 Å². The molecule has 0 aliphatic heterocycles. The Balaban J connectivity index is 0. The number of halogens is 2. The van der Waals surface area contributed by atoms with Crippen molar-refractivity contribution in [2.45, 2.75) is 46.1 Å². The molecule has 2 aromatic carbocycles. The van der Waals surface area contributed by atoms with Gasteiger partial charge in [-0.15, -0.1) is 24.8 Å². The van der Waals surface area contributed by atoms with Gasteiger partial charge < -0.3 is 20.5 Å². The van der Waals surface area contributed by atoms with E-state index in [-0.39, 0.29) is 42.8 Å². The summed E-state index contributed by atoms with van der Waals surface area (Å²) in [5, 5.41) is 3.01. The van der Waals surface area contributed by atoms with Gasteiger partial charge >= 0.3 is 11.9 Å². The fourth-order valence-corrected chi connectivity index (χ4v) is 2.10. The van der Waals surface area contributed by atoms with E-state index in [1.165, 1.54) is 0 Å². The van der Waals surface area contributed by atoms with Crippen molar-refractivity contribution in [1.29, 1.82) is 0 Å². The second kappa shape index (κ2) is 17.7. The van der Waals surface area contributed by atoms with Gasteiger partial charge in [-0.3, -0.25) is 9.59 Å². The molecule has 0 aromatic heterocycles. The molecule has 2 aromatic rings. The van der Waals surface area contributed by atoms with Crippen LogP contribution in [0.4, 0.5) is 0 Å². The van der Waals surface area contributed by atoms with Crippen molar-refractivity contribution in [2.24, 2.45) is 5.73 Å². The molecule has 30 heavy (non-hydrogen) atoms. The standard InChI is InChI=1S/C12H17NO2.C10H13NO2.2ClH/c1-3-13-10(2)12(14)15-9-11-7-5-4-6-8-11;1-8(11)10(12)13-7-9-5-3-2-4-6-9;;/h4-8,10,13H,3,9H2,1-2H3;2-6,8H,7,11H2,1H3;2*1H/t10-;8-;;/m00../s1. The minimum Gasteiger partial charge on any atom is -0.460 e. The largest absolute Gasteiger partial charge is 0.460 e. The molecule has 2 atom stereocenters. The van der Waals surface area contributed by atoms with E-state index >= 15 is 0 Å². The Morgan fingerprint density at radius 2 is 1.23 bits per heavy atom. The molecule has 0 aliphatic rings. The van der Waals surface area contributed by atoms with Crippen LogP contribution in [0.3, 0.4) is 0 Å². The number of nitrogens with one attached hydrogen (secondary N) is 1. The van der Waals surface area contributed by atoms with Crippen LogP contribution in [0.25, 0.3) is 0 Å². The number of ether oxygens (including phenoxy) is 2. The molecule has 6 nitrogen and oxygen atoms in total. The molecule has 168 valence electrons. The zero-order valence-electron chi connectivity index (χ0n) is 17.6. The highest BCUT2D eigenvalue weighted by Gasteiger charge is 2.12. The van der Waals surface area contributed by atoms with Crippen molar-refractivity contribution in [3.8, 4) is 0 Å². The van der Waals surface area contributed by atoms with Gasteiger partial charge in [0.2, 0.25) is 0 Å². The normalized spacial score (nSPS) is 11.3. The number of carbonyl (C=O) groups is 2. The van der Waals surface area contributed by atoms with E-state index in [9.17, 15) is 9.59 Å². The Kier molecular flexibility index (Phi) is 17.8. The first-order chi connectivity index (χ1) is 13.4. The summed E-state index contributed by atoms with van der Waals surface area (Å²) in [6.45, 7) is 6.77. The predicted octanol–water partition coefficient (Wildman–Crippen LogP) is 3.65. The van der Waals surface area contributed by atoms with Crippen molar-refractivity contribution >= 4 is 36.8 Å². The Bertz CT molecular complexity index is 701. The molecular weight excluding hydrogens is 427 g/mol. The molecular formula is C22H32Cl2N2O4. The summed E-state index contributed by atoms with van der Waals surface area (Å²) in [4.78, 5) is 22.4. The molecule has 0 saturated carbocycles. The lowest BCUT2D eigenvalue weighted by molar-refractivity contribution is -0.147. The Labute approximate surface area is 191 Å². The lowest BCUT2D eigenvalue weighted by Crippen LogP contribution is -2.34. The third kappa shape index (κ3) is 13.2. The SMILES string of the molecule is CCN[C@@H](C)C(=O)OCc1ccccc1.C[C@H](N)C(=O)OCc1ccccc1.Cl.Cl. The van der Waals surface area contributed by atoms with Crippen LogP contribution in [-0.2, 0) is 32.3 Å². The van der Waals surface area contributed by atoms with Crippen LogP contribution >= 0.6 is 24.8 Å². The summed E-state index contributed by atoms with van der Waals surface area (Å²) in [5.41, 5.74) is 7.30. The molecule has 0 heterocycles. The second-order valence-electron chi connectivity index (χ2n) is 6.25. The van der Waals surface area contributed by atoms with Gasteiger partial charge in [0, 0.05) is 0 Å². The van der Waals surface area contributed by atoms with E-state index in [1.807, 2.05) is 67.6 Å². The number of benzene rings is 2. The summed E-state index contributed by atoms with van der Waals surface area (Å²) in [6.07, 6.45) is 0. The Morgan fingerprint density at radius 3 is 1.60 bits per heavy atom. The summed E-state index contributed by atoms with van der Waals surface area (Å²) in [7, 11) is 0. The minimum atomic E-state index is -0.552. The lowest BCUT2D eigenvalue weighted by Gasteiger charge is -2.11. The van der Waals surface area contributed by atoms with Crippen molar-refractivity contribution in [1.82, 2.24) is 5.32 Å². The summed E-state index contributed by atoms with van der Waals surface area (Å²) in [5.74, 6) is -0.579. The Morgan fingerprint density at radius 1 is 0.833 bits per heavy atom. The van der Waals surface area contributed by atoms with Crippen molar-refractivity contribution in [2.75, 3.05) is 6.54 Å². The second-order valence-corrected chi connectivity index (χ2v) is 6.25. The molecule has 0 bridgehead atoms. The topological polar surface area (TPSA) is 90.6 Å². The number of nitrogens with two attached hydrogens (primary N) is 1. The van der Waals surface area contributed by atoms with Crippen molar-refractivity contribution in [3.63, 3.8) is 0 Å². The average molecular weight is 459 g/mol. The molecule has 8 heteroatoms. The molecule has 0 amide bonds. The summed E-state index contributed by atoms with van der Waals surface area (Å²) < 4.78 is 10.1. The van der Waals surface area contributed by atoms with Gasteiger partial charge in [-0.25, -0.2) is 0 Å². The predicted molar refractivity (Wildman–Crippen MR) is 124 cm³/mol. The van der Waals surface area contributed by atoms with Crippen LogP contribution in [-0.4, -0.2) is 30.6 Å². The monoisotopic (exact) mass is 458 g/mol. The van der Waals surface area contributed by atoms with Crippen LogP contribution in [0.2, 0.25) is 0 Å². The van der Waals surface area contributed by atoms with E-state index in [2.05, 4.69) is 5.32 Å². The van der Waals surface area contributed by atoms with Crippen LogP contribution in [0.5, 0.6) is 0 Å². The molecule has 0 aliphatic carbocycles. The maximum absolute atomic E-state index is 11.4. The van der Waals surface area contributed by atoms with Crippen LogP contribution in [0.15, 0.2) is 60.7 Å². The summed E-state index contributed by atoms with van der Waals surface area (Å²) in [6, 6.07) is 18.4. The first kappa shape index (κ1) is 30.1. The molecule has 2 rings (SSSR count). The van der Waals surface area contributed by atoms with Gasteiger partial charge in [-0.05, 0) is 31.5 Å². The fourth-order valence-electron chi connectivity index (χ4n) is 2.10. The average Bonchev–Trinajstić information content (AvgIpc) is 2.72. The molecule has 0 saturated heterocycles. The minimum absolute atomic E-state index is 0.